The van der Waals surface area contributed by atoms with Crippen molar-refractivity contribution in [2.24, 2.45) is 5.92 Å². The number of aliphatic carboxylic acids is 1. The third-order valence-corrected chi connectivity index (χ3v) is 5.31. The summed E-state index contributed by atoms with van der Waals surface area (Å²) < 4.78 is 16.0. The molecule has 1 saturated carbocycles. The van der Waals surface area contributed by atoms with Gasteiger partial charge in [0.25, 0.3) is 0 Å². The van der Waals surface area contributed by atoms with Crippen molar-refractivity contribution in [3.63, 3.8) is 0 Å². The molecule has 128 valence electrons. The van der Waals surface area contributed by atoms with Crippen molar-refractivity contribution in [1.29, 1.82) is 0 Å². The second kappa shape index (κ2) is 5.96. The van der Waals surface area contributed by atoms with Crippen LogP contribution in [0.25, 0.3) is 0 Å². The molecule has 0 aliphatic heterocycles. The normalized spacial score (nSPS) is 28.6. The summed E-state index contributed by atoms with van der Waals surface area (Å²) in [5.74, 6) is -2.05. The molecule has 0 amide bonds. The van der Waals surface area contributed by atoms with Crippen molar-refractivity contribution in [3.8, 4) is 11.5 Å². The number of carboxylic acid groups (broad SMARTS) is 1. The average molecular weight is 332 g/mol. The Bertz CT molecular complexity index is 687. The summed E-state index contributed by atoms with van der Waals surface area (Å²) in [6.45, 7) is 0. The summed E-state index contributed by atoms with van der Waals surface area (Å²) in [5, 5.41) is 29.0. The minimum atomic E-state index is -1.87. The van der Waals surface area contributed by atoms with Crippen LogP contribution >= 0.6 is 0 Å². The number of benzene rings is 1. The Kier molecular flexibility index (Phi) is 4.11. The number of aromatic hydroxyl groups is 2. The molecular weight excluding hydrogens is 311 g/mol. The van der Waals surface area contributed by atoms with Gasteiger partial charge in [-0.05, 0) is 31.1 Å². The Morgan fingerprint density at radius 2 is 1.71 bits per heavy atom. The van der Waals surface area contributed by atoms with E-state index in [0.29, 0.717) is 18.4 Å². The van der Waals surface area contributed by atoms with Crippen molar-refractivity contribution in [1.82, 2.24) is 0 Å². The highest BCUT2D eigenvalue weighted by Crippen LogP contribution is 2.54. The smallest absolute Gasteiger partial charge is 0.314 e. The molecular formula is C19H21FO4. The highest BCUT2D eigenvalue weighted by Gasteiger charge is 2.52. The summed E-state index contributed by atoms with van der Waals surface area (Å²) in [6.07, 6.45) is 9.15. The first-order valence-corrected chi connectivity index (χ1v) is 8.21. The van der Waals surface area contributed by atoms with Gasteiger partial charge in [0, 0.05) is 17.0 Å². The van der Waals surface area contributed by atoms with E-state index in [9.17, 15) is 15.0 Å². The predicted molar refractivity (Wildman–Crippen MR) is 87.8 cm³/mol. The minimum Gasteiger partial charge on any atom is -0.508 e. The van der Waals surface area contributed by atoms with Crippen molar-refractivity contribution in [3.05, 3.63) is 48.1 Å². The van der Waals surface area contributed by atoms with Crippen molar-refractivity contribution in [2.75, 3.05) is 0 Å². The Morgan fingerprint density at radius 1 is 1.08 bits per heavy atom. The van der Waals surface area contributed by atoms with E-state index in [1.165, 1.54) is 36.4 Å². The van der Waals surface area contributed by atoms with E-state index >= 15 is 4.39 Å². The second-order valence-corrected chi connectivity index (χ2v) is 6.69. The SMILES string of the molecule is O=C(O)C1C=CC(F)(C2(c3ccc(O)cc3O)CCCCC2)C=C1. The van der Waals surface area contributed by atoms with Crippen molar-refractivity contribution >= 4 is 5.97 Å². The fourth-order valence-electron chi connectivity index (χ4n) is 4.03. The molecule has 0 spiro atoms. The molecule has 1 aromatic rings. The summed E-state index contributed by atoms with van der Waals surface area (Å²) >= 11 is 0. The van der Waals surface area contributed by atoms with Gasteiger partial charge in [-0.1, -0.05) is 37.5 Å². The number of carbonyl (C=O) groups is 1. The van der Waals surface area contributed by atoms with Gasteiger partial charge in [-0.3, -0.25) is 4.79 Å². The molecule has 2 aliphatic carbocycles. The van der Waals surface area contributed by atoms with E-state index in [1.807, 2.05) is 0 Å². The number of alkyl halides is 1. The Labute approximate surface area is 139 Å². The molecule has 0 atom stereocenters. The van der Waals surface area contributed by atoms with Crippen LogP contribution in [0.4, 0.5) is 4.39 Å². The fraction of sp³-hybridized carbons (Fsp3) is 0.421. The largest absolute Gasteiger partial charge is 0.508 e. The van der Waals surface area contributed by atoms with Crippen LogP contribution in [0.15, 0.2) is 42.5 Å². The third kappa shape index (κ3) is 2.58. The zero-order chi connectivity index (χ0) is 17.4. The van der Waals surface area contributed by atoms with Crippen LogP contribution in [-0.2, 0) is 10.2 Å². The van der Waals surface area contributed by atoms with Crippen LogP contribution in [-0.4, -0.2) is 27.0 Å². The summed E-state index contributed by atoms with van der Waals surface area (Å²) in [5.41, 5.74) is -2.36. The van der Waals surface area contributed by atoms with Gasteiger partial charge in [-0.15, -0.1) is 0 Å². The van der Waals surface area contributed by atoms with E-state index in [-0.39, 0.29) is 11.5 Å². The molecule has 4 nitrogen and oxygen atoms in total. The number of hydrogen-bond donors (Lipinski definition) is 3. The van der Waals surface area contributed by atoms with E-state index in [0.717, 1.165) is 19.3 Å². The van der Waals surface area contributed by atoms with Crippen LogP contribution < -0.4 is 0 Å². The zero-order valence-corrected chi connectivity index (χ0v) is 13.3. The Balaban J connectivity index is 2.09. The van der Waals surface area contributed by atoms with Gasteiger partial charge >= 0.3 is 5.97 Å². The van der Waals surface area contributed by atoms with Gasteiger partial charge in [0.1, 0.15) is 11.5 Å². The Hall–Kier alpha value is -2.30. The van der Waals surface area contributed by atoms with Gasteiger partial charge < -0.3 is 15.3 Å². The highest BCUT2D eigenvalue weighted by molar-refractivity contribution is 5.75. The van der Waals surface area contributed by atoms with E-state index < -0.39 is 23.0 Å². The quantitative estimate of drug-likeness (QED) is 0.735. The third-order valence-electron chi connectivity index (χ3n) is 5.31. The Morgan fingerprint density at radius 3 is 2.25 bits per heavy atom. The van der Waals surface area contributed by atoms with Crippen LogP contribution in [0.5, 0.6) is 11.5 Å². The maximum atomic E-state index is 16.0. The van der Waals surface area contributed by atoms with E-state index in [4.69, 9.17) is 5.11 Å². The van der Waals surface area contributed by atoms with Gasteiger partial charge in [0.05, 0.1) is 5.92 Å². The number of hydrogen-bond acceptors (Lipinski definition) is 3. The molecule has 1 aromatic carbocycles. The lowest BCUT2D eigenvalue weighted by molar-refractivity contribution is -0.138. The molecule has 0 radical (unpaired) electrons. The van der Waals surface area contributed by atoms with Crippen LogP contribution in [0.3, 0.4) is 0 Å². The van der Waals surface area contributed by atoms with Gasteiger partial charge in [0.2, 0.25) is 0 Å². The lowest BCUT2D eigenvalue weighted by atomic mass is 9.59. The molecule has 3 rings (SSSR count). The van der Waals surface area contributed by atoms with E-state index in [2.05, 4.69) is 0 Å². The first-order chi connectivity index (χ1) is 11.4. The minimum absolute atomic E-state index is 0.0733. The molecule has 2 aliphatic rings. The highest BCUT2D eigenvalue weighted by atomic mass is 19.1. The number of halogens is 1. The first-order valence-electron chi connectivity index (χ1n) is 8.21. The van der Waals surface area contributed by atoms with E-state index in [1.54, 1.807) is 6.07 Å². The molecule has 3 N–H and O–H groups in total. The molecule has 24 heavy (non-hydrogen) atoms. The molecule has 5 heteroatoms. The molecule has 0 unspecified atom stereocenters. The molecule has 0 saturated heterocycles. The maximum Gasteiger partial charge on any atom is 0.314 e. The van der Waals surface area contributed by atoms with Gasteiger partial charge in [0.15, 0.2) is 5.67 Å². The number of phenolic OH excluding ortho intramolecular Hbond substituents is 2. The zero-order valence-electron chi connectivity index (χ0n) is 13.3. The lowest BCUT2D eigenvalue weighted by Crippen LogP contribution is -2.48. The lowest BCUT2D eigenvalue weighted by Gasteiger charge is -2.47. The van der Waals surface area contributed by atoms with Crippen molar-refractivity contribution < 1.29 is 24.5 Å². The summed E-state index contributed by atoms with van der Waals surface area (Å²) in [4.78, 5) is 11.1. The van der Waals surface area contributed by atoms with Crippen LogP contribution in [0, 0.1) is 5.92 Å². The number of rotatable bonds is 3. The first kappa shape index (κ1) is 16.6. The molecule has 1 fully saturated rings. The molecule has 0 bridgehead atoms. The monoisotopic (exact) mass is 332 g/mol. The van der Waals surface area contributed by atoms with Crippen LogP contribution in [0.1, 0.15) is 37.7 Å². The average Bonchev–Trinajstić information content (AvgIpc) is 2.55. The maximum absolute atomic E-state index is 16.0. The topological polar surface area (TPSA) is 77.8 Å². The van der Waals surface area contributed by atoms with Crippen LogP contribution in [0.2, 0.25) is 0 Å². The number of phenols is 2. The van der Waals surface area contributed by atoms with Gasteiger partial charge in [-0.2, -0.15) is 0 Å². The van der Waals surface area contributed by atoms with Gasteiger partial charge in [-0.25, -0.2) is 4.39 Å². The summed E-state index contributed by atoms with van der Waals surface area (Å²) in [7, 11) is 0. The van der Waals surface area contributed by atoms with Crippen molar-refractivity contribution in [2.45, 2.75) is 43.2 Å². The molecule has 0 heterocycles. The predicted octanol–water partition coefficient (Wildman–Crippen LogP) is 3.83. The number of carboxylic acids is 1. The number of allylic oxidation sites excluding steroid dienone is 2. The summed E-state index contributed by atoms with van der Waals surface area (Å²) in [6, 6.07) is 4.25. The standard InChI is InChI=1S/C19H21FO4/c20-19(10-6-13(7-11-19)17(23)24)18(8-2-1-3-9-18)15-5-4-14(21)12-16(15)22/h4-7,10-13,21-22H,1-3,8-9H2,(H,23,24). The fourth-order valence-corrected chi connectivity index (χ4v) is 4.03. The molecule has 0 aromatic heterocycles. The second-order valence-electron chi connectivity index (χ2n) is 6.69.